The van der Waals surface area contributed by atoms with Crippen LogP contribution in [-0.4, -0.2) is 22.6 Å². The van der Waals surface area contributed by atoms with Crippen molar-refractivity contribution in [2.24, 2.45) is 5.92 Å². The van der Waals surface area contributed by atoms with Crippen LogP contribution in [-0.2, 0) is 0 Å². The highest BCUT2D eigenvalue weighted by atomic mass is 16.6. The molecule has 1 heterocycles. The summed E-state index contributed by atoms with van der Waals surface area (Å²) >= 11 is 0. The van der Waals surface area contributed by atoms with Gasteiger partial charge in [0, 0.05) is 12.6 Å². The molecule has 1 rings (SSSR count). The van der Waals surface area contributed by atoms with E-state index in [2.05, 4.69) is 24.1 Å². The molecule has 0 bridgehead atoms. The number of anilines is 1. The molecule has 0 saturated heterocycles. The van der Waals surface area contributed by atoms with Gasteiger partial charge >= 0.3 is 5.69 Å². The Bertz CT molecular complexity index is 435. The molecule has 6 nitrogen and oxygen atoms in total. The predicted molar refractivity (Wildman–Crippen MR) is 74.6 cm³/mol. The fourth-order valence-electron chi connectivity index (χ4n) is 1.84. The van der Waals surface area contributed by atoms with E-state index in [-0.39, 0.29) is 17.7 Å². The van der Waals surface area contributed by atoms with Crippen molar-refractivity contribution in [3.05, 3.63) is 22.2 Å². The molecular weight excluding hydrogens is 246 g/mol. The Morgan fingerprint density at radius 1 is 1.42 bits per heavy atom. The molecule has 0 radical (unpaired) electrons. The Hall–Kier alpha value is -1.85. The first-order chi connectivity index (χ1) is 8.93. The molecule has 1 aromatic rings. The number of nitrogens with zero attached hydrogens (tertiary/aromatic N) is 2. The maximum atomic E-state index is 11.0. The molecule has 106 valence electrons. The van der Waals surface area contributed by atoms with E-state index in [1.807, 2.05) is 13.8 Å². The zero-order chi connectivity index (χ0) is 14.4. The second-order valence-electron chi connectivity index (χ2n) is 4.87. The average Bonchev–Trinajstić information content (AvgIpc) is 2.27. The lowest BCUT2D eigenvalue weighted by Crippen LogP contribution is -2.16. The highest BCUT2D eigenvalue weighted by molar-refractivity contribution is 5.49. The first kappa shape index (κ1) is 15.2. The van der Waals surface area contributed by atoms with E-state index in [1.54, 1.807) is 6.07 Å². The minimum Gasteiger partial charge on any atom is -0.470 e. The monoisotopic (exact) mass is 267 g/mol. The molecule has 19 heavy (non-hydrogen) atoms. The predicted octanol–water partition coefficient (Wildman–Crippen LogP) is 3.24. The number of nitro groups is 1. The minimum atomic E-state index is -0.472. The molecule has 1 aromatic heterocycles. The third-order valence-electron chi connectivity index (χ3n) is 2.51. The van der Waals surface area contributed by atoms with Gasteiger partial charge in [0.2, 0.25) is 0 Å². The summed E-state index contributed by atoms with van der Waals surface area (Å²) in [6, 6.07) is 3.00. The van der Waals surface area contributed by atoms with E-state index in [0.717, 1.165) is 6.42 Å². The first-order valence-corrected chi connectivity index (χ1v) is 6.50. The quantitative estimate of drug-likeness (QED) is 0.606. The molecule has 0 aliphatic carbocycles. The van der Waals surface area contributed by atoms with Crippen molar-refractivity contribution < 1.29 is 9.66 Å². The molecule has 0 fully saturated rings. The van der Waals surface area contributed by atoms with Crippen molar-refractivity contribution in [1.29, 1.82) is 0 Å². The number of nitrogens with one attached hydrogen (secondary N) is 1. The van der Waals surface area contributed by atoms with Crippen LogP contribution in [0.4, 0.5) is 11.5 Å². The van der Waals surface area contributed by atoms with Gasteiger partial charge in [-0.2, -0.15) is 4.98 Å². The fraction of sp³-hybridized carbons (Fsp3) is 0.615. The molecule has 0 aromatic carbocycles. The average molecular weight is 267 g/mol. The summed E-state index contributed by atoms with van der Waals surface area (Å²) in [6.45, 7) is 8.69. The van der Waals surface area contributed by atoms with Crippen LogP contribution >= 0.6 is 0 Å². The zero-order valence-corrected chi connectivity index (χ0v) is 11.8. The maximum Gasteiger partial charge on any atom is 0.331 e. The lowest BCUT2D eigenvalue weighted by atomic mass is 10.1. The third kappa shape index (κ3) is 4.73. The molecule has 0 aliphatic heterocycles. The molecule has 0 amide bonds. The molecule has 6 heteroatoms. The Morgan fingerprint density at radius 3 is 2.63 bits per heavy atom. The number of hydrogen-bond donors (Lipinski definition) is 1. The van der Waals surface area contributed by atoms with Crippen LogP contribution in [0, 0.1) is 16.0 Å². The second kappa shape index (κ2) is 6.92. The number of ether oxygens (including phenoxy) is 1. The van der Waals surface area contributed by atoms with Gasteiger partial charge in [0.15, 0.2) is 0 Å². The summed E-state index contributed by atoms with van der Waals surface area (Å²) in [4.78, 5) is 14.6. The lowest BCUT2D eigenvalue weighted by molar-refractivity contribution is -0.386. The molecule has 1 N–H and O–H groups in total. The molecule has 0 spiro atoms. The van der Waals surface area contributed by atoms with E-state index in [1.165, 1.54) is 6.07 Å². The van der Waals surface area contributed by atoms with Crippen LogP contribution in [0.15, 0.2) is 12.1 Å². The summed E-state index contributed by atoms with van der Waals surface area (Å²) in [5.74, 6) is 1.13. The van der Waals surface area contributed by atoms with Crippen molar-refractivity contribution in [3.63, 3.8) is 0 Å². The highest BCUT2D eigenvalue weighted by Crippen LogP contribution is 2.28. The van der Waals surface area contributed by atoms with Gasteiger partial charge in [-0.3, -0.25) is 10.1 Å². The van der Waals surface area contributed by atoms with Crippen molar-refractivity contribution in [1.82, 2.24) is 4.98 Å². The van der Waals surface area contributed by atoms with Crippen molar-refractivity contribution >= 4 is 11.5 Å². The van der Waals surface area contributed by atoms with Gasteiger partial charge in [0.05, 0.1) is 11.0 Å². The zero-order valence-electron chi connectivity index (χ0n) is 11.8. The van der Waals surface area contributed by atoms with E-state index < -0.39 is 4.92 Å². The maximum absolute atomic E-state index is 11.0. The van der Waals surface area contributed by atoms with Gasteiger partial charge in [-0.1, -0.05) is 13.8 Å². The molecule has 1 atom stereocenters. The molecule has 1 unspecified atom stereocenters. The normalized spacial score (nSPS) is 12.3. The summed E-state index contributed by atoms with van der Waals surface area (Å²) in [6.07, 6.45) is 0.715. The Labute approximate surface area is 113 Å². The fourth-order valence-corrected chi connectivity index (χ4v) is 1.84. The SMILES string of the molecule is CCNc1ccc([N+](=O)[O-])c(OC(C)CC(C)C)n1. The topological polar surface area (TPSA) is 77.3 Å². The molecular formula is C13H21N3O3. The van der Waals surface area contributed by atoms with Crippen molar-refractivity contribution in [2.75, 3.05) is 11.9 Å². The Balaban J connectivity index is 2.93. The van der Waals surface area contributed by atoms with Crippen molar-refractivity contribution in [3.8, 4) is 5.88 Å². The number of hydrogen-bond acceptors (Lipinski definition) is 5. The van der Waals surface area contributed by atoms with Gasteiger partial charge in [0.25, 0.3) is 5.88 Å². The van der Waals surface area contributed by atoms with Gasteiger partial charge in [-0.05, 0) is 32.3 Å². The van der Waals surface area contributed by atoms with Crippen molar-refractivity contribution in [2.45, 2.75) is 40.2 Å². The summed E-state index contributed by atoms with van der Waals surface area (Å²) in [5, 5.41) is 14.0. The number of aromatic nitrogens is 1. The van der Waals surface area contributed by atoms with Gasteiger partial charge in [0.1, 0.15) is 5.82 Å². The summed E-state index contributed by atoms with van der Waals surface area (Å²) < 4.78 is 5.61. The van der Waals surface area contributed by atoms with E-state index in [0.29, 0.717) is 18.3 Å². The lowest BCUT2D eigenvalue weighted by Gasteiger charge is -2.16. The number of pyridine rings is 1. The summed E-state index contributed by atoms with van der Waals surface area (Å²) in [7, 11) is 0. The Morgan fingerprint density at radius 2 is 2.11 bits per heavy atom. The van der Waals surface area contributed by atoms with Gasteiger partial charge < -0.3 is 10.1 Å². The first-order valence-electron chi connectivity index (χ1n) is 6.50. The van der Waals surface area contributed by atoms with Crippen LogP contribution in [0.3, 0.4) is 0 Å². The standard InChI is InChI=1S/C13H21N3O3/c1-5-14-12-7-6-11(16(17)18)13(15-12)19-10(4)8-9(2)3/h6-7,9-10H,5,8H2,1-4H3,(H,14,15). The molecule has 0 saturated carbocycles. The minimum absolute atomic E-state index is 0.0802. The third-order valence-corrected chi connectivity index (χ3v) is 2.51. The van der Waals surface area contributed by atoms with E-state index in [4.69, 9.17) is 4.74 Å². The van der Waals surface area contributed by atoms with Crippen LogP contribution < -0.4 is 10.1 Å². The van der Waals surface area contributed by atoms with Crippen LogP contribution in [0.1, 0.15) is 34.1 Å². The van der Waals surface area contributed by atoms with E-state index in [9.17, 15) is 10.1 Å². The largest absolute Gasteiger partial charge is 0.470 e. The van der Waals surface area contributed by atoms with Gasteiger partial charge in [-0.15, -0.1) is 0 Å². The number of rotatable bonds is 7. The highest BCUT2D eigenvalue weighted by Gasteiger charge is 2.20. The smallest absolute Gasteiger partial charge is 0.331 e. The second-order valence-corrected chi connectivity index (χ2v) is 4.87. The molecule has 0 aliphatic rings. The van der Waals surface area contributed by atoms with Crippen LogP contribution in [0.5, 0.6) is 5.88 Å². The Kier molecular flexibility index (Phi) is 5.54. The van der Waals surface area contributed by atoms with Crippen LogP contribution in [0.2, 0.25) is 0 Å². The van der Waals surface area contributed by atoms with Crippen LogP contribution in [0.25, 0.3) is 0 Å². The van der Waals surface area contributed by atoms with E-state index >= 15 is 0 Å². The van der Waals surface area contributed by atoms with Gasteiger partial charge in [-0.25, -0.2) is 0 Å². The summed E-state index contributed by atoms with van der Waals surface area (Å²) in [5.41, 5.74) is -0.0998.